The zero-order valence-corrected chi connectivity index (χ0v) is 12.1. The molecule has 1 aromatic rings. The van der Waals surface area contributed by atoms with Crippen molar-refractivity contribution in [3.8, 4) is 0 Å². The summed E-state index contributed by atoms with van der Waals surface area (Å²) in [5.41, 5.74) is 2.03. The lowest BCUT2D eigenvalue weighted by Crippen LogP contribution is -2.27. The van der Waals surface area contributed by atoms with Gasteiger partial charge in [-0.3, -0.25) is 0 Å². The van der Waals surface area contributed by atoms with E-state index in [-0.39, 0.29) is 0 Å². The Morgan fingerprint density at radius 3 is 2.90 bits per heavy atom. The molecule has 1 saturated heterocycles. The summed E-state index contributed by atoms with van der Waals surface area (Å²) >= 11 is 0. The van der Waals surface area contributed by atoms with E-state index in [4.69, 9.17) is 5.11 Å². The van der Waals surface area contributed by atoms with E-state index >= 15 is 0 Å². The standard InChI is InChI=1S/C16H22N2O2/c1-17-10-9-13(11-17)12-18(2)15-6-4-3-5-14(15)7-8-16(19)20/h3-8,13H,9-12H2,1-2H3,(H,19,20). The molecule has 1 fully saturated rings. The van der Waals surface area contributed by atoms with E-state index in [1.165, 1.54) is 19.0 Å². The highest BCUT2D eigenvalue weighted by Crippen LogP contribution is 2.23. The molecule has 0 saturated carbocycles. The summed E-state index contributed by atoms with van der Waals surface area (Å²) in [6.07, 6.45) is 4.08. The van der Waals surface area contributed by atoms with Crippen molar-refractivity contribution in [2.45, 2.75) is 6.42 Å². The zero-order valence-electron chi connectivity index (χ0n) is 12.1. The number of rotatable bonds is 5. The average molecular weight is 274 g/mol. The summed E-state index contributed by atoms with van der Waals surface area (Å²) < 4.78 is 0. The quantitative estimate of drug-likeness (QED) is 0.836. The number of aliphatic carboxylic acids is 1. The minimum Gasteiger partial charge on any atom is -0.478 e. The molecule has 0 radical (unpaired) electrons. The van der Waals surface area contributed by atoms with E-state index in [0.717, 1.165) is 24.3 Å². The van der Waals surface area contributed by atoms with E-state index in [1.54, 1.807) is 6.08 Å². The monoisotopic (exact) mass is 274 g/mol. The fourth-order valence-corrected chi connectivity index (χ4v) is 2.80. The lowest BCUT2D eigenvalue weighted by Gasteiger charge is -2.24. The topological polar surface area (TPSA) is 43.8 Å². The Hall–Kier alpha value is -1.81. The van der Waals surface area contributed by atoms with Crippen LogP contribution >= 0.6 is 0 Å². The number of carboxylic acids is 1. The maximum absolute atomic E-state index is 10.7. The van der Waals surface area contributed by atoms with Gasteiger partial charge in [0, 0.05) is 31.9 Å². The Morgan fingerprint density at radius 2 is 2.25 bits per heavy atom. The number of hydrogen-bond donors (Lipinski definition) is 1. The third-order valence-corrected chi connectivity index (χ3v) is 3.77. The van der Waals surface area contributed by atoms with E-state index in [0.29, 0.717) is 5.92 Å². The van der Waals surface area contributed by atoms with Gasteiger partial charge in [0.2, 0.25) is 0 Å². The fraction of sp³-hybridized carbons (Fsp3) is 0.438. The number of likely N-dealkylation sites (tertiary alicyclic amines) is 1. The largest absolute Gasteiger partial charge is 0.478 e. The summed E-state index contributed by atoms with van der Waals surface area (Å²) in [7, 11) is 4.23. The lowest BCUT2D eigenvalue weighted by atomic mass is 10.1. The molecule has 1 unspecified atom stereocenters. The highest BCUT2D eigenvalue weighted by Gasteiger charge is 2.21. The van der Waals surface area contributed by atoms with Gasteiger partial charge in [-0.2, -0.15) is 0 Å². The van der Waals surface area contributed by atoms with Crippen LogP contribution in [0.4, 0.5) is 5.69 Å². The number of anilines is 1. The number of hydrogen-bond acceptors (Lipinski definition) is 3. The fourth-order valence-electron chi connectivity index (χ4n) is 2.80. The molecular formula is C16H22N2O2. The van der Waals surface area contributed by atoms with Gasteiger partial charge in [-0.15, -0.1) is 0 Å². The van der Waals surface area contributed by atoms with Gasteiger partial charge in [0.15, 0.2) is 0 Å². The Kier molecular flexibility index (Phi) is 4.79. The molecule has 1 N–H and O–H groups in total. The van der Waals surface area contributed by atoms with Crippen LogP contribution in [0, 0.1) is 5.92 Å². The molecule has 1 aliphatic rings. The predicted octanol–water partition coefficient (Wildman–Crippen LogP) is 2.17. The van der Waals surface area contributed by atoms with Crippen molar-refractivity contribution in [3.63, 3.8) is 0 Å². The van der Waals surface area contributed by atoms with Crippen LogP contribution in [0.2, 0.25) is 0 Å². The maximum Gasteiger partial charge on any atom is 0.328 e. The molecule has 1 aromatic carbocycles. The van der Waals surface area contributed by atoms with Gasteiger partial charge in [-0.1, -0.05) is 18.2 Å². The van der Waals surface area contributed by atoms with Crippen LogP contribution in [0.15, 0.2) is 30.3 Å². The van der Waals surface area contributed by atoms with Gasteiger partial charge in [-0.05, 0) is 43.6 Å². The molecule has 0 bridgehead atoms. The molecule has 20 heavy (non-hydrogen) atoms. The first-order valence-corrected chi connectivity index (χ1v) is 6.96. The summed E-state index contributed by atoms with van der Waals surface area (Å²) in [5, 5.41) is 8.76. The summed E-state index contributed by atoms with van der Waals surface area (Å²) in [6, 6.07) is 7.92. The zero-order chi connectivity index (χ0) is 14.5. The van der Waals surface area contributed by atoms with Crippen molar-refractivity contribution in [2.75, 3.05) is 38.6 Å². The summed E-state index contributed by atoms with van der Waals surface area (Å²) in [6.45, 7) is 3.30. The summed E-state index contributed by atoms with van der Waals surface area (Å²) in [4.78, 5) is 15.2. The normalized spacial score (nSPS) is 19.6. The van der Waals surface area contributed by atoms with E-state index in [1.807, 2.05) is 24.3 Å². The molecular weight excluding hydrogens is 252 g/mol. The van der Waals surface area contributed by atoms with Crippen molar-refractivity contribution in [3.05, 3.63) is 35.9 Å². The van der Waals surface area contributed by atoms with Crippen LogP contribution in [0.25, 0.3) is 6.08 Å². The number of carboxylic acid groups (broad SMARTS) is 1. The van der Waals surface area contributed by atoms with E-state index in [2.05, 4.69) is 23.9 Å². The highest BCUT2D eigenvalue weighted by molar-refractivity contribution is 5.86. The second-order valence-corrected chi connectivity index (χ2v) is 5.53. The second kappa shape index (κ2) is 6.57. The molecule has 0 spiro atoms. The first-order chi connectivity index (χ1) is 9.56. The number of nitrogens with zero attached hydrogens (tertiary/aromatic N) is 2. The van der Waals surface area contributed by atoms with Crippen molar-refractivity contribution in [2.24, 2.45) is 5.92 Å². The molecule has 4 nitrogen and oxygen atoms in total. The van der Waals surface area contributed by atoms with Gasteiger partial charge in [0.25, 0.3) is 0 Å². The van der Waals surface area contributed by atoms with Crippen LogP contribution in [0.5, 0.6) is 0 Å². The molecule has 0 aromatic heterocycles. The third-order valence-electron chi connectivity index (χ3n) is 3.77. The van der Waals surface area contributed by atoms with Crippen molar-refractivity contribution >= 4 is 17.7 Å². The molecule has 2 rings (SSSR count). The predicted molar refractivity (Wildman–Crippen MR) is 82.0 cm³/mol. The first kappa shape index (κ1) is 14.6. The van der Waals surface area contributed by atoms with E-state index in [9.17, 15) is 4.79 Å². The maximum atomic E-state index is 10.7. The minimum atomic E-state index is -0.917. The molecule has 1 aliphatic heterocycles. The highest BCUT2D eigenvalue weighted by atomic mass is 16.4. The van der Waals surface area contributed by atoms with Gasteiger partial charge in [0.05, 0.1) is 0 Å². The SMILES string of the molecule is CN1CCC(CN(C)c2ccccc2C=CC(=O)O)C1. The Labute approximate surface area is 120 Å². The minimum absolute atomic E-state index is 0.682. The van der Waals surface area contributed by atoms with Crippen molar-refractivity contribution in [1.29, 1.82) is 0 Å². The van der Waals surface area contributed by atoms with Crippen LogP contribution in [0.3, 0.4) is 0 Å². The van der Waals surface area contributed by atoms with Crippen LogP contribution in [0.1, 0.15) is 12.0 Å². The van der Waals surface area contributed by atoms with Crippen LogP contribution < -0.4 is 4.90 Å². The Bertz CT molecular complexity index is 499. The molecule has 4 heteroatoms. The first-order valence-electron chi connectivity index (χ1n) is 6.96. The molecule has 1 atom stereocenters. The van der Waals surface area contributed by atoms with Gasteiger partial charge >= 0.3 is 5.97 Å². The molecule has 0 aliphatic carbocycles. The molecule has 1 heterocycles. The van der Waals surface area contributed by atoms with E-state index < -0.39 is 5.97 Å². The number of para-hydroxylation sites is 1. The number of benzene rings is 1. The number of carbonyl (C=O) groups is 1. The molecule has 0 amide bonds. The smallest absolute Gasteiger partial charge is 0.328 e. The lowest BCUT2D eigenvalue weighted by molar-refractivity contribution is -0.131. The van der Waals surface area contributed by atoms with Gasteiger partial charge in [-0.25, -0.2) is 4.79 Å². The average Bonchev–Trinajstić information content (AvgIpc) is 2.82. The van der Waals surface area contributed by atoms with Crippen LogP contribution in [-0.2, 0) is 4.79 Å². The molecule has 108 valence electrons. The Morgan fingerprint density at radius 1 is 1.50 bits per heavy atom. The van der Waals surface area contributed by atoms with Crippen molar-refractivity contribution in [1.82, 2.24) is 4.90 Å². The third kappa shape index (κ3) is 3.84. The Balaban J connectivity index is 2.09. The second-order valence-electron chi connectivity index (χ2n) is 5.53. The van der Waals surface area contributed by atoms with Crippen molar-refractivity contribution < 1.29 is 9.90 Å². The van der Waals surface area contributed by atoms with Gasteiger partial charge in [0.1, 0.15) is 0 Å². The van der Waals surface area contributed by atoms with Crippen LogP contribution in [-0.4, -0.2) is 49.7 Å². The van der Waals surface area contributed by atoms with Gasteiger partial charge < -0.3 is 14.9 Å². The summed E-state index contributed by atoms with van der Waals surface area (Å²) in [5.74, 6) is -0.235.